The van der Waals surface area contributed by atoms with Crippen molar-refractivity contribution in [2.24, 2.45) is 23.7 Å². The summed E-state index contributed by atoms with van der Waals surface area (Å²) in [5, 5.41) is 13.0. The third-order valence-electron chi connectivity index (χ3n) is 10.3. The lowest BCUT2D eigenvalue weighted by Crippen LogP contribution is -2.38. The summed E-state index contributed by atoms with van der Waals surface area (Å²) in [4.78, 5) is 39.7. The number of imide groups is 1. The Bertz CT molecular complexity index is 1710. The van der Waals surface area contributed by atoms with E-state index in [9.17, 15) is 14.7 Å². The van der Waals surface area contributed by atoms with Crippen LogP contribution in [0, 0.1) is 23.7 Å². The Kier molecular flexibility index (Phi) is 8.70. The quantitative estimate of drug-likeness (QED) is 0.101. The number of fused-ring (bicyclic) bond motifs is 5. The maximum atomic E-state index is 14.5. The molecule has 5 atom stereocenters. The van der Waals surface area contributed by atoms with Crippen molar-refractivity contribution in [1.82, 2.24) is 14.9 Å². The highest BCUT2D eigenvalue weighted by Gasteiger charge is 2.66. The van der Waals surface area contributed by atoms with Gasteiger partial charge in [-0.05, 0) is 53.0 Å². The Balaban J connectivity index is 1.38. The first-order valence-corrected chi connectivity index (χ1v) is 17.0. The highest BCUT2D eigenvalue weighted by molar-refractivity contribution is 6.08. The number of amides is 2. The molecule has 47 heavy (non-hydrogen) atoms. The molecule has 6 nitrogen and oxygen atoms in total. The van der Waals surface area contributed by atoms with E-state index in [1.54, 1.807) is 12.4 Å². The summed E-state index contributed by atoms with van der Waals surface area (Å²) < 4.78 is 0. The topological polar surface area (TPSA) is 83.4 Å². The summed E-state index contributed by atoms with van der Waals surface area (Å²) in [6.07, 6.45) is 12.0. The smallest absolute Gasteiger partial charge is 0.234 e. The van der Waals surface area contributed by atoms with E-state index in [1.807, 2.05) is 84.9 Å². The molecule has 1 saturated carbocycles. The number of aliphatic hydroxyl groups is 1. The van der Waals surface area contributed by atoms with Crippen molar-refractivity contribution in [3.05, 3.63) is 149 Å². The Labute approximate surface area is 276 Å². The van der Waals surface area contributed by atoms with Gasteiger partial charge in [0.05, 0.1) is 23.2 Å². The summed E-state index contributed by atoms with van der Waals surface area (Å²) in [5.74, 6) is -2.23. The van der Waals surface area contributed by atoms with Crippen LogP contribution in [0.2, 0.25) is 0 Å². The van der Waals surface area contributed by atoms with Crippen LogP contribution in [0.4, 0.5) is 0 Å². The fourth-order valence-corrected chi connectivity index (χ4v) is 8.18. The van der Waals surface area contributed by atoms with Crippen LogP contribution in [-0.4, -0.2) is 38.3 Å². The number of likely N-dealkylation sites (tertiary alicyclic amines) is 1. The van der Waals surface area contributed by atoms with Crippen molar-refractivity contribution in [2.75, 3.05) is 6.54 Å². The van der Waals surface area contributed by atoms with Crippen LogP contribution in [0.1, 0.15) is 68.0 Å². The Morgan fingerprint density at radius 1 is 0.745 bits per heavy atom. The summed E-state index contributed by atoms with van der Waals surface area (Å²) in [6, 6.07) is 31.0. The molecule has 6 heteroatoms. The van der Waals surface area contributed by atoms with Crippen molar-refractivity contribution in [3.63, 3.8) is 0 Å². The third-order valence-corrected chi connectivity index (χ3v) is 10.3. The third kappa shape index (κ3) is 5.35. The number of pyridine rings is 2. The average molecular weight is 624 g/mol. The van der Waals surface area contributed by atoms with Gasteiger partial charge in [-0.3, -0.25) is 24.5 Å². The minimum absolute atomic E-state index is 0.0941. The molecule has 0 radical (unpaired) electrons. The minimum Gasteiger partial charge on any atom is -0.375 e. The van der Waals surface area contributed by atoms with E-state index < -0.39 is 23.4 Å². The molecule has 2 aromatic carbocycles. The highest BCUT2D eigenvalue weighted by Crippen LogP contribution is 2.64. The molecule has 1 aliphatic heterocycles. The van der Waals surface area contributed by atoms with Crippen LogP contribution in [0.3, 0.4) is 0 Å². The predicted octanol–water partition coefficient (Wildman–Crippen LogP) is 7.36. The molecular weight excluding hydrogens is 582 g/mol. The van der Waals surface area contributed by atoms with Crippen molar-refractivity contribution in [1.29, 1.82) is 0 Å². The lowest BCUT2D eigenvalue weighted by molar-refractivity contribution is -0.140. The van der Waals surface area contributed by atoms with Gasteiger partial charge in [-0.25, -0.2) is 0 Å². The van der Waals surface area contributed by atoms with Gasteiger partial charge in [0.25, 0.3) is 0 Å². The standard InChI is InChI=1S/C41H41N3O3/c1-2-3-4-5-6-17-26-44-39(45)36-30-27-31(41(47,29-20-11-8-12-21-29)33-23-14-16-25-43-33)37(38(36)40(44)46)35(30)34(28-18-9-7-10-19-28)32-22-13-15-24-42-32/h7-16,18-25,27,30,36-38,47H,2-6,17,26H2,1H3. The first-order valence-electron chi connectivity index (χ1n) is 17.0. The summed E-state index contributed by atoms with van der Waals surface area (Å²) in [5.41, 5.74) is 3.90. The van der Waals surface area contributed by atoms with Gasteiger partial charge >= 0.3 is 0 Å². The van der Waals surface area contributed by atoms with E-state index in [1.165, 1.54) is 24.2 Å². The second-order valence-corrected chi connectivity index (χ2v) is 13.0. The molecule has 4 aromatic rings. The van der Waals surface area contributed by atoms with E-state index in [4.69, 9.17) is 4.98 Å². The highest BCUT2D eigenvalue weighted by atomic mass is 16.3. The fourth-order valence-electron chi connectivity index (χ4n) is 8.18. The van der Waals surface area contributed by atoms with Crippen molar-refractivity contribution in [3.8, 4) is 0 Å². The van der Waals surface area contributed by atoms with Gasteiger partial charge in [0, 0.05) is 36.3 Å². The van der Waals surface area contributed by atoms with Gasteiger partial charge in [0.2, 0.25) is 11.8 Å². The molecule has 3 heterocycles. The maximum Gasteiger partial charge on any atom is 0.234 e. The molecule has 0 spiro atoms. The Morgan fingerprint density at radius 3 is 2.06 bits per heavy atom. The van der Waals surface area contributed by atoms with Crippen LogP contribution in [0.5, 0.6) is 0 Å². The zero-order chi connectivity index (χ0) is 32.4. The normalized spacial score (nSPS) is 23.9. The number of allylic oxidation sites excluding steroid dienone is 2. The van der Waals surface area contributed by atoms with E-state index in [0.717, 1.165) is 41.7 Å². The van der Waals surface area contributed by atoms with Gasteiger partial charge in [0.1, 0.15) is 0 Å². The summed E-state index contributed by atoms with van der Waals surface area (Å²) >= 11 is 0. The van der Waals surface area contributed by atoms with Crippen molar-refractivity contribution in [2.45, 2.75) is 51.0 Å². The molecule has 238 valence electrons. The number of benzene rings is 2. The summed E-state index contributed by atoms with van der Waals surface area (Å²) in [6.45, 7) is 2.64. The molecule has 2 fully saturated rings. The monoisotopic (exact) mass is 623 g/mol. The Hall–Kier alpha value is -4.68. The number of carbonyl (C=O) groups excluding carboxylic acids is 2. The lowest BCUT2D eigenvalue weighted by Gasteiger charge is -2.36. The van der Waals surface area contributed by atoms with Crippen molar-refractivity contribution < 1.29 is 14.7 Å². The van der Waals surface area contributed by atoms with Crippen LogP contribution in [0.25, 0.3) is 5.57 Å². The first kappa shape index (κ1) is 30.9. The molecule has 1 saturated heterocycles. The van der Waals surface area contributed by atoms with Gasteiger partial charge in [-0.1, -0.05) is 118 Å². The average Bonchev–Trinajstić information content (AvgIpc) is 3.74. The molecular formula is C41H41N3O3. The molecule has 1 N–H and O–H groups in total. The van der Waals surface area contributed by atoms with E-state index >= 15 is 0 Å². The zero-order valence-electron chi connectivity index (χ0n) is 26.8. The van der Waals surface area contributed by atoms with Crippen LogP contribution in [-0.2, 0) is 15.2 Å². The molecule has 2 bridgehead atoms. The molecule has 7 rings (SSSR count). The number of hydrogen-bond acceptors (Lipinski definition) is 5. The first-order chi connectivity index (χ1) is 23.1. The molecule has 3 aliphatic rings. The van der Waals surface area contributed by atoms with Crippen LogP contribution >= 0.6 is 0 Å². The lowest BCUT2D eigenvalue weighted by atomic mass is 9.71. The Morgan fingerprint density at radius 2 is 1.38 bits per heavy atom. The molecule has 2 aliphatic carbocycles. The van der Waals surface area contributed by atoms with Gasteiger partial charge in [-0.2, -0.15) is 0 Å². The molecule has 5 unspecified atom stereocenters. The number of rotatable bonds is 12. The van der Waals surface area contributed by atoms with E-state index in [-0.39, 0.29) is 17.7 Å². The SMILES string of the molecule is CCCCCCCCN1C(=O)C2C3C=C(C(O)(c4ccccc4)c4ccccn4)C(C3=C(c3ccccc3)c3ccccn3)C2C1=O. The fraction of sp³-hybridized carbons (Fsp3) is 0.317. The largest absolute Gasteiger partial charge is 0.375 e. The zero-order valence-corrected chi connectivity index (χ0v) is 26.8. The van der Waals surface area contributed by atoms with Gasteiger partial charge in [0.15, 0.2) is 5.60 Å². The number of aromatic nitrogens is 2. The molecule has 2 aromatic heterocycles. The minimum atomic E-state index is -1.61. The number of unbranched alkanes of at least 4 members (excludes halogenated alkanes) is 5. The molecule has 2 amide bonds. The maximum absolute atomic E-state index is 14.5. The number of hydrogen-bond donors (Lipinski definition) is 1. The number of carbonyl (C=O) groups is 2. The summed E-state index contributed by atoms with van der Waals surface area (Å²) in [7, 11) is 0. The van der Waals surface area contributed by atoms with E-state index in [0.29, 0.717) is 23.4 Å². The van der Waals surface area contributed by atoms with Gasteiger partial charge < -0.3 is 5.11 Å². The van der Waals surface area contributed by atoms with Crippen molar-refractivity contribution >= 4 is 17.4 Å². The van der Waals surface area contributed by atoms with Crippen LogP contribution in [0.15, 0.2) is 127 Å². The van der Waals surface area contributed by atoms with Gasteiger partial charge in [-0.15, -0.1) is 0 Å². The second-order valence-electron chi connectivity index (χ2n) is 13.0. The predicted molar refractivity (Wildman–Crippen MR) is 183 cm³/mol. The van der Waals surface area contributed by atoms with E-state index in [2.05, 4.69) is 30.1 Å². The number of nitrogens with zero attached hydrogens (tertiary/aromatic N) is 3. The van der Waals surface area contributed by atoms with Crippen LogP contribution < -0.4 is 0 Å². The second kappa shape index (κ2) is 13.2.